The molecule has 5 nitrogen and oxygen atoms in total. The van der Waals surface area contributed by atoms with Gasteiger partial charge < -0.3 is 19.7 Å². The van der Waals surface area contributed by atoms with Crippen LogP contribution in [-0.2, 0) is 20.9 Å². The zero-order valence-electron chi connectivity index (χ0n) is 13.5. The molecule has 1 rings (SSSR count). The normalized spacial score (nSPS) is 14.4. The molecule has 5 heteroatoms. The SMILES string of the molecule is CC(C)(C)OC(=O)C[C@@H](O)C[C@H](O)COCc1ccccc1. The van der Waals surface area contributed by atoms with Crippen LogP contribution >= 0.6 is 0 Å². The van der Waals surface area contributed by atoms with Crippen molar-refractivity contribution in [1.82, 2.24) is 0 Å². The fourth-order valence-electron chi connectivity index (χ4n) is 1.93. The number of esters is 1. The van der Waals surface area contributed by atoms with Crippen LogP contribution in [-0.4, -0.2) is 40.6 Å². The van der Waals surface area contributed by atoms with Crippen LogP contribution in [0.15, 0.2) is 30.3 Å². The maximum Gasteiger partial charge on any atom is 0.308 e. The molecule has 0 spiro atoms. The topological polar surface area (TPSA) is 76.0 Å². The molecule has 0 aliphatic rings. The Morgan fingerprint density at radius 1 is 1.14 bits per heavy atom. The quantitative estimate of drug-likeness (QED) is 0.719. The number of rotatable bonds is 8. The lowest BCUT2D eigenvalue weighted by Crippen LogP contribution is -2.29. The Kier molecular flexibility index (Phi) is 7.51. The molecule has 0 amide bonds. The molecule has 0 unspecified atom stereocenters. The summed E-state index contributed by atoms with van der Waals surface area (Å²) in [6.07, 6.45) is -1.81. The van der Waals surface area contributed by atoms with Crippen LogP contribution in [0.5, 0.6) is 0 Å². The van der Waals surface area contributed by atoms with E-state index >= 15 is 0 Å². The molecular formula is C17H26O5. The minimum atomic E-state index is -0.940. The zero-order valence-corrected chi connectivity index (χ0v) is 13.5. The Labute approximate surface area is 131 Å². The highest BCUT2D eigenvalue weighted by molar-refractivity contribution is 5.70. The molecule has 0 saturated carbocycles. The van der Waals surface area contributed by atoms with E-state index in [2.05, 4.69) is 0 Å². The predicted molar refractivity (Wildman–Crippen MR) is 83.2 cm³/mol. The Morgan fingerprint density at radius 2 is 1.77 bits per heavy atom. The van der Waals surface area contributed by atoms with Crippen molar-refractivity contribution in [2.45, 2.75) is 58.0 Å². The third-order valence-electron chi connectivity index (χ3n) is 2.79. The van der Waals surface area contributed by atoms with Crippen LogP contribution < -0.4 is 0 Å². The maximum absolute atomic E-state index is 11.6. The van der Waals surface area contributed by atoms with E-state index in [-0.39, 0.29) is 19.4 Å². The van der Waals surface area contributed by atoms with Gasteiger partial charge in [-0.15, -0.1) is 0 Å². The highest BCUT2D eigenvalue weighted by atomic mass is 16.6. The van der Waals surface area contributed by atoms with Gasteiger partial charge >= 0.3 is 5.97 Å². The van der Waals surface area contributed by atoms with Gasteiger partial charge in [0.05, 0.1) is 31.8 Å². The molecule has 0 fully saturated rings. The molecule has 2 N–H and O–H groups in total. The minimum Gasteiger partial charge on any atom is -0.460 e. The molecule has 124 valence electrons. The van der Waals surface area contributed by atoms with Crippen molar-refractivity contribution < 1.29 is 24.5 Å². The monoisotopic (exact) mass is 310 g/mol. The van der Waals surface area contributed by atoms with Crippen molar-refractivity contribution in [1.29, 1.82) is 0 Å². The third-order valence-corrected chi connectivity index (χ3v) is 2.79. The first kappa shape index (κ1) is 18.6. The number of aliphatic hydroxyl groups excluding tert-OH is 2. The molecule has 0 bridgehead atoms. The number of hydrogen-bond donors (Lipinski definition) is 2. The van der Waals surface area contributed by atoms with E-state index in [0.717, 1.165) is 5.56 Å². The second kappa shape index (κ2) is 8.88. The summed E-state index contributed by atoms with van der Waals surface area (Å²) >= 11 is 0. The first-order chi connectivity index (χ1) is 10.3. The number of ether oxygens (including phenoxy) is 2. The van der Waals surface area contributed by atoms with Gasteiger partial charge in [-0.2, -0.15) is 0 Å². The zero-order chi connectivity index (χ0) is 16.6. The second-order valence-corrected chi connectivity index (χ2v) is 6.33. The van der Waals surface area contributed by atoms with E-state index in [1.54, 1.807) is 20.8 Å². The van der Waals surface area contributed by atoms with Gasteiger partial charge in [-0.25, -0.2) is 0 Å². The van der Waals surface area contributed by atoms with Crippen LogP contribution in [0.4, 0.5) is 0 Å². The van der Waals surface area contributed by atoms with Crippen LogP contribution in [0.25, 0.3) is 0 Å². The molecule has 0 saturated heterocycles. The van der Waals surface area contributed by atoms with Gasteiger partial charge in [0, 0.05) is 6.42 Å². The Hall–Kier alpha value is -1.43. The summed E-state index contributed by atoms with van der Waals surface area (Å²) < 4.78 is 10.5. The third kappa shape index (κ3) is 8.77. The fourth-order valence-corrected chi connectivity index (χ4v) is 1.93. The van der Waals surface area contributed by atoms with Crippen LogP contribution in [0.2, 0.25) is 0 Å². The summed E-state index contributed by atoms with van der Waals surface area (Å²) in [7, 11) is 0. The minimum absolute atomic E-state index is 0.0774. The van der Waals surface area contributed by atoms with Crippen molar-refractivity contribution in [2.24, 2.45) is 0 Å². The van der Waals surface area contributed by atoms with Crippen molar-refractivity contribution in [3.63, 3.8) is 0 Å². The summed E-state index contributed by atoms with van der Waals surface area (Å²) in [5, 5.41) is 19.6. The Morgan fingerprint density at radius 3 is 2.36 bits per heavy atom. The van der Waals surface area contributed by atoms with Gasteiger partial charge in [-0.05, 0) is 26.3 Å². The van der Waals surface area contributed by atoms with E-state index < -0.39 is 23.8 Å². The molecule has 1 aromatic rings. The number of hydrogen-bond acceptors (Lipinski definition) is 5. The lowest BCUT2D eigenvalue weighted by molar-refractivity contribution is -0.157. The molecule has 0 aliphatic carbocycles. The number of carbonyl (C=O) groups excluding carboxylic acids is 1. The van der Waals surface area contributed by atoms with Crippen LogP contribution in [0, 0.1) is 0 Å². The summed E-state index contributed by atoms with van der Waals surface area (Å²) in [4.78, 5) is 11.6. The summed E-state index contributed by atoms with van der Waals surface area (Å²) in [5.74, 6) is -0.475. The highest BCUT2D eigenvalue weighted by Gasteiger charge is 2.21. The number of aliphatic hydroxyl groups is 2. The van der Waals surface area contributed by atoms with Gasteiger partial charge in [-0.3, -0.25) is 4.79 Å². The van der Waals surface area contributed by atoms with E-state index in [1.807, 2.05) is 30.3 Å². The van der Waals surface area contributed by atoms with E-state index in [1.165, 1.54) is 0 Å². The van der Waals surface area contributed by atoms with Crippen molar-refractivity contribution >= 4 is 5.97 Å². The fraction of sp³-hybridized carbons (Fsp3) is 0.588. The summed E-state index contributed by atoms with van der Waals surface area (Å²) in [5.41, 5.74) is 0.442. The largest absolute Gasteiger partial charge is 0.460 e. The lowest BCUT2D eigenvalue weighted by atomic mass is 10.1. The van der Waals surface area contributed by atoms with E-state index in [9.17, 15) is 15.0 Å². The van der Waals surface area contributed by atoms with Crippen molar-refractivity contribution in [3.8, 4) is 0 Å². The maximum atomic E-state index is 11.6. The van der Waals surface area contributed by atoms with Crippen molar-refractivity contribution in [3.05, 3.63) is 35.9 Å². The van der Waals surface area contributed by atoms with E-state index in [0.29, 0.717) is 6.61 Å². The Balaban J connectivity index is 2.21. The van der Waals surface area contributed by atoms with Gasteiger partial charge in [0.1, 0.15) is 5.60 Å². The first-order valence-corrected chi connectivity index (χ1v) is 7.46. The molecule has 0 heterocycles. The molecule has 1 aromatic carbocycles. The van der Waals surface area contributed by atoms with Gasteiger partial charge in [0.2, 0.25) is 0 Å². The number of benzene rings is 1. The number of carbonyl (C=O) groups is 1. The smallest absolute Gasteiger partial charge is 0.308 e. The second-order valence-electron chi connectivity index (χ2n) is 6.33. The van der Waals surface area contributed by atoms with Gasteiger partial charge in [-0.1, -0.05) is 30.3 Å². The van der Waals surface area contributed by atoms with Crippen molar-refractivity contribution in [2.75, 3.05) is 6.61 Å². The summed E-state index contributed by atoms with van der Waals surface area (Å²) in [6, 6.07) is 9.62. The highest BCUT2D eigenvalue weighted by Crippen LogP contribution is 2.11. The predicted octanol–water partition coefficient (Wildman–Crippen LogP) is 2.05. The molecule has 0 aliphatic heterocycles. The molecular weight excluding hydrogens is 284 g/mol. The Bertz CT molecular complexity index is 438. The first-order valence-electron chi connectivity index (χ1n) is 7.46. The van der Waals surface area contributed by atoms with Gasteiger partial charge in [0.15, 0.2) is 0 Å². The lowest BCUT2D eigenvalue weighted by Gasteiger charge is -2.21. The molecule has 22 heavy (non-hydrogen) atoms. The van der Waals surface area contributed by atoms with Crippen LogP contribution in [0.3, 0.4) is 0 Å². The molecule has 0 radical (unpaired) electrons. The average Bonchev–Trinajstić information content (AvgIpc) is 2.37. The standard InChI is InChI=1S/C17H26O5/c1-17(2,3)22-16(20)10-14(18)9-15(19)12-21-11-13-7-5-4-6-8-13/h4-8,14-15,18-19H,9-12H2,1-3H3/t14-,15-/m0/s1. The average molecular weight is 310 g/mol. The molecule has 0 aromatic heterocycles. The molecule has 2 atom stereocenters. The van der Waals surface area contributed by atoms with Crippen LogP contribution in [0.1, 0.15) is 39.2 Å². The summed E-state index contributed by atoms with van der Waals surface area (Å²) in [6.45, 7) is 5.82. The van der Waals surface area contributed by atoms with E-state index in [4.69, 9.17) is 9.47 Å². The van der Waals surface area contributed by atoms with Gasteiger partial charge in [0.25, 0.3) is 0 Å².